The SMILES string of the molecule is C=C[C@@]1(OC(C)=O)CN2CC[C@]34c5ccccc5N5C(=O)CC=C([C@H]53)[C@H]1C[C@H]24. The molecule has 5 atom stereocenters. The zero-order valence-corrected chi connectivity index (χ0v) is 16.1. The molecule has 144 valence electrons. The van der Waals surface area contributed by atoms with Crippen LogP contribution in [0.2, 0.25) is 0 Å². The van der Waals surface area contributed by atoms with Crippen LogP contribution in [0.3, 0.4) is 0 Å². The largest absolute Gasteiger partial charge is 0.453 e. The number of benzene rings is 1. The number of carbonyl (C=O) groups excluding carboxylic acids is 2. The van der Waals surface area contributed by atoms with Crippen LogP contribution in [0.5, 0.6) is 0 Å². The number of hydrogen-bond acceptors (Lipinski definition) is 4. The summed E-state index contributed by atoms with van der Waals surface area (Å²) in [6, 6.07) is 8.86. The third kappa shape index (κ3) is 1.68. The van der Waals surface area contributed by atoms with E-state index in [4.69, 9.17) is 4.74 Å². The number of piperidine rings is 1. The minimum atomic E-state index is -0.717. The Kier molecular flexibility index (Phi) is 3.04. The minimum absolute atomic E-state index is 0.0371. The number of anilines is 1. The number of rotatable bonds is 2. The summed E-state index contributed by atoms with van der Waals surface area (Å²) in [5.41, 5.74) is 2.92. The van der Waals surface area contributed by atoms with Gasteiger partial charge in [-0.1, -0.05) is 30.9 Å². The Hall–Kier alpha value is -2.40. The van der Waals surface area contributed by atoms with E-state index in [-0.39, 0.29) is 29.3 Å². The second kappa shape index (κ2) is 5.15. The fraction of sp³-hybridized carbons (Fsp3) is 0.478. The molecule has 1 aromatic rings. The molecule has 1 aliphatic carbocycles. The monoisotopic (exact) mass is 376 g/mol. The summed E-state index contributed by atoms with van der Waals surface area (Å²) >= 11 is 0. The van der Waals surface area contributed by atoms with Crippen molar-refractivity contribution in [1.82, 2.24) is 4.90 Å². The van der Waals surface area contributed by atoms with Crippen molar-refractivity contribution in [3.8, 4) is 0 Å². The quantitative estimate of drug-likeness (QED) is 0.588. The number of ether oxygens (including phenoxy) is 1. The first kappa shape index (κ1) is 16.5. The summed E-state index contributed by atoms with van der Waals surface area (Å²) in [7, 11) is 0. The Balaban J connectivity index is 1.60. The van der Waals surface area contributed by atoms with Crippen molar-refractivity contribution in [1.29, 1.82) is 0 Å². The highest BCUT2D eigenvalue weighted by Crippen LogP contribution is 2.65. The van der Waals surface area contributed by atoms with Crippen LogP contribution in [-0.4, -0.2) is 47.6 Å². The highest BCUT2D eigenvalue weighted by atomic mass is 16.6. The molecular formula is C23H24N2O3. The molecule has 2 saturated heterocycles. The van der Waals surface area contributed by atoms with Gasteiger partial charge >= 0.3 is 5.97 Å². The van der Waals surface area contributed by atoms with Gasteiger partial charge in [-0.25, -0.2) is 0 Å². The first-order valence-corrected chi connectivity index (χ1v) is 10.2. The zero-order chi connectivity index (χ0) is 19.3. The van der Waals surface area contributed by atoms with Gasteiger partial charge in [0, 0.05) is 43.0 Å². The zero-order valence-electron chi connectivity index (χ0n) is 16.1. The second-order valence-corrected chi connectivity index (χ2v) is 8.91. The standard InChI is InChI=1S/C23H24N2O3/c1-3-22(28-14(2)26)13-24-11-10-23-16-6-4-5-7-18(16)25-20(27)9-8-15(21(23)25)17(22)12-19(23)24/h3-8,17,19,21H,1,9-13H2,2H3/t17-,19+,21+,22-,23-/m1/s1. The third-order valence-electron chi connectivity index (χ3n) is 7.94. The highest BCUT2D eigenvalue weighted by molar-refractivity contribution is 6.00. The Morgan fingerprint density at radius 2 is 2.18 bits per heavy atom. The van der Waals surface area contributed by atoms with Crippen molar-refractivity contribution < 1.29 is 14.3 Å². The number of fused-ring (bicyclic) bond motifs is 4. The first-order chi connectivity index (χ1) is 13.5. The van der Waals surface area contributed by atoms with Crippen LogP contribution in [0.1, 0.15) is 31.7 Å². The maximum atomic E-state index is 13.0. The molecular weight excluding hydrogens is 352 g/mol. The van der Waals surface area contributed by atoms with E-state index in [1.54, 1.807) is 0 Å². The van der Waals surface area contributed by atoms with Gasteiger partial charge in [-0.15, -0.1) is 0 Å². The molecule has 28 heavy (non-hydrogen) atoms. The van der Waals surface area contributed by atoms with Crippen molar-refractivity contribution in [2.24, 2.45) is 5.92 Å². The van der Waals surface area contributed by atoms with Gasteiger partial charge in [0.05, 0.1) is 6.04 Å². The van der Waals surface area contributed by atoms with Gasteiger partial charge < -0.3 is 9.64 Å². The molecule has 1 amide bonds. The number of esters is 1. The van der Waals surface area contributed by atoms with E-state index in [1.807, 2.05) is 12.1 Å². The average molecular weight is 376 g/mol. The molecule has 1 spiro atoms. The van der Waals surface area contributed by atoms with Crippen molar-refractivity contribution >= 4 is 17.6 Å². The first-order valence-electron chi connectivity index (χ1n) is 10.2. The normalized spacial score (nSPS) is 39.9. The number of nitrogens with zero attached hydrogens (tertiary/aromatic N) is 2. The summed E-state index contributed by atoms with van der Waals surface area (Å²) in [4.78, 5) is 29.6. The van der Waals surface area contributed by atoms with Gasteiger partial charge in [0.1, 0.15) is 5.60 Å². The minimum Gasteiger partial charge on any atom is -0.453 e. The Labute approximate surface area is 164 Å². The summed E-state index contributed by atoms with van der Waals surface area (Å²) in [5.74, 6) is -0.0158. The molecule has 2 bridgehead atoms. The maximum absolute atomic E-state index is 13.0. The van der Waals surface area contributed by atoms with Gasteiger partial charge in [0.25, 0.3) is 0 Å². The van der Waals surface area contributed by atoms with Crippen molar-refractivity contribution in [3.63, 3.8) is 0 Å². The lowest BCUT2D eigenvalue weighted by atomic mass is 9.55. The Morgan fingerprint density at radius 3 is 2.96 bits per heavy atom. The molecule has 5 aliphatic rings. The van der Waals surface area contributed by atoms with Gasteiger partial charge in [-0.05, 0) is 42.7 Å². The average Bonchev–Trinajstić information content (AvgIpc) is 3.22. The van der Waals surface area contributed by atoms with E-state index >= 15 is 0 Å². The van der Waals surface area contributed by atoms with E-state index in [0.29, 0.717) is 19.0 Å². The van der Waals surface area contributed by atoms with E-state index in [1.165, 1.54) is 18.1 Å². The second-order valence-electron chi connectivity index (χ2n) is 8.91. The molecule has 0 radical (unpaired) electrons. The van der Waals surface area contributed by atoms with Crippen LogP contribution in [0.25, 0.3) is 0 Å². The summed E-state index contributed by atoms with van der Waals surface area (Å²) in [6.07, 6.45) is 6.35. The molecule has 0 N–H and O–H groups in total. The lowest BCUT2D eigenvalue weighted by Crippen LogP contribution is -2.69. The van der Waals surface area contributed by atoms with Crippen LogP contribution < -0.4 is 4.90 Å². The van der Waals surface area contributed by atoms with Crippen LogP contribution in [0, 0.1) is 5.92 Å². The summed E-state index contributed by atoms with van der Waals surface area (Å²) in [6.45, 7) is 7.19. The van der Waals surface area contributed by atoms with Crippen molar-refractivity contribution in [2.45, 2.75) is 49.3 Å². The van der Waals surface area contributed by atoms with E-state index in [9.17, 15) is 9.59 Å². The number of carbonyl (C=O) groups is 2. The highest BCUT2D eigenvalue weighted by Gasteiger charge is 2.70. The topological polar surface area (TPSA) is 49.9 Å². The molecule has 0 aromatic heterocycles. The van der Waals surface area contributed by atoms with E-state index < -0.39 is 5.60 Å². The van der Waals surface area contributed by atoms with Gasteiger partial charge in [0.2, 0.25) is 5.91 Å². The van der Waals surface area contributed by atoms with E-state index in [2.05, 4.69) is 40.7 Å². The van der Waals surface area contributed by atoms with Gasteiger partial charge in [-0.2, -0.15) is 0 Å². The summed E-state index contributed by atoms with van der Waals surface area (Å²) in [5, 5.41) is 0. The molecule has 4 aliphatic heterocycles. The predicted octanol–water partition coefficient (Wildman–Crippen LogP) is 2.57. The molecule has 6 rings (SSSR count). The molecule has 1 saturated carbocycles. The van der Waals surface area contributed by atoms with Crippen molar-refractivity contribution in [3.05, 3.63) is 54.1 Å². The maximum Gasteiger partial charge on any atom is 0.303 e. The number of hydrogen-bond donors (Lipinski definition) is 0. The van der Waals surface area contributed by atoms with Crippen LogP contribution in [0.15, 0.2) is 48.6 Å². The molecule has 4 heterocycles. The summed E-state index contributed by atoms with van der Waals surface area (Å²) < 4.78 is 5.96. The Morgan fingerprint density at radius 1 is 1.36 bits per heavy atom. The fourth-order valence-corrected chi connectivity index (χ4v) is 7.11. The van der Waals surface area contributed by atoms with Crippen LogP contribution >= 0.6 is 0 Å². The van der Waals surface area contributed by atoms with Crippen LogP contribution in [-0.2, 0) is 19.7 Å². The van der Waals surface area contributed by atoms with Crippen molar-refractivity contribution in [2.75, 3.05) is 18.0 Å². The fourth-order valence-electron chi connectivity index (χ4n) is 7.11. The third-order valence-corrected chi connectivity index (χ3v) is 7.94. The Bertz CT molecular complexity index is 968. The predicted molar refractivity (Wildman–Crippen MR) is 105 cm³/mol. The number of para-hydroxylation sites is 1. The smallest absolute Gasteiger partial charge is 0.303 e. The number of amides is 1. The molecule has 5 heteroatoms. The lowest BCUT2D eigenvalue weighted by Gasteiger charge is -2.58. The van der Waals surface area contributed by atoms with Gasteiger partial charge in [0.15, 0.2) is 0 Å². The molecule has 3 fully saturated rings. The molecule has 5 nitrogen and oxygen atoms in total. The lowest BCUT2D eigenvalue weighted by molar-refractivity contribution is -0.165. The molecule has 1 aromatic carbocycles. The van der Waals surface area contributed by atoms with Crippen LogP contribution in [0.4, 0.5) is 5.69 Å². The van der Waals surface area contributed by atoms with Gasteiger partial charge in [-0.3, -0.25) is 14.5 Å². The van der Waals surface area contributed by atoms with E-state index in [0.717, 1.165) is 25.1 Å². The molecule has 0 unspecified atom stereocenters.